The normalized spacial score (nSPS) is 14.6. The van der Waals surface area contributed by atoms with Crippen molar-refractivity contribution < 1.29 is 19.2 Å². The van der Waals surface area contributed by atoms with Gasteiger partial charge in [0.05, 0.1) is 15.5 Å². The molecule has 0 bridgehead atoms. The molecule has 0 atom stereocenters. The van der Waals surface area contributed by atoms with Crippen LogP contribution in [0, 0.1) is 10.1 Å². The number of esters is 1. The summed E-state index contributed by atoms with van der Waals surface area (Å²) in [6.07, 6.45) is 1.52. The molecule has 142 valence electrons. The molecule has 0 saturated heterocycles. The van der Waals surface area contributed by atoms with E-state index in [0.29, 0.717) is 17.9 Å². The molecule has 0 aromatic heterocycles. The number of halogens is 1. The molecular formula is C20H15ClN2O5. The average molecular weight is 399 g/mol. The fourth-order valence-electron chi connectivity index (χ4n) is 2.39. The Balaban J connectivity index is 1.96. The second kappa shape index (κ2) is 8.06. The summed E-state index contributed by atoms with van der Waals surface area (Å²) in [6.45, 7) is 5.97. The molecular weight excluding hydrogens is 384 g/mol. The lowest BCUT2D eigenvalue weighted by Crippen LogP contribution is -2.06. The number of hydrogen-bond donors (Lipinski definition) is 0. The van der Waals surface area contributed by atoms with Gasteiger partial charge >= 0.3 is 5.97 Å². The number of ether oxygens (including phenoxy) is 2. The van der Waals surface area contributed by atoms with Gasteiger partial charge in [0, 0.05) is 17.7 Å². The number of nitro groups is 1. The lowest BCUT2D eigenvalue weighted by Gasteiger charge is -2.08. The number of aliphatic imine (C=N–C) groups is 1. The lowest BCUT2D eigenvalue weighted by molar-refractivity contribution is -0.384. The molecule has 1 aliphatic heterocycles. The van der Waals surface area contributed by atoms with Gasteiger partial charge in [-0.2, -0.15) is 0 Å². The van der Waals surface area contributed by atoms with Crippen LogP contribution in [-0.2, 0) is 9.53 Å². The third-order valence-corrected chi connectivity index (χ3v) is 4.03. The van der Waals surface area contributed by atoms with Gasteiger partial charge in [0.15, 0.2) is 5.70 Å². The standard InChI is InChI=1S/C20H15ClN2O5/c1-12(2)11-27-18-6-4-3-5-13(18)9-17-20(24)28-19(22-17)15-10-14(23(25)26)7-8-16(15)21/h3-10H,1,11H2,2H3/b17-9-. The van der Waals surface area contributed by atoms with Gasteiger partial charge in [-0.1, -0.05) is 36.4 Å². The van der Waals surface area contributed by atoms with E-state index in [4.69, 9.17) is 21.1 Å². The summed E-state index contributed by atoms with van der Waals surface area (Å²) in [5.74, 6) is -0.222. The zero-order chi connectivity index (χ0) is 20.3. The number of carbonyl (C=O) groups excluding carboxylic acids is 1. The molecule has 0 amide bonds. The number of benzene rings is 2. The first-order chi connectivity index (χ1) is 13.3. The minimum atomic E-state index is -0.688. The van der Waals surface area contributed by atoms with Crippen molar-refractivity contribution in [1.82, 2.24) is 0 Å². The average Bonchev–Trinajstić information content (AvgIpc) is 3.01. The Hall–Kier alpha value is -3.45. The van der Waals surface area contributed by atoms with E-state index in [1.165, 1.54) is 24.3 Å². The molecule has 0 N–H and O–H groups in total. The minimum Gasteiger partial charge on any atom is -0.489 e. The highest BCUT2D eigenvalue weighted by atomic mass is 35.5. The van der Waals surface area contributed by atoms with E-state index in [-0.39, 0.29) is 27.9 Å². The van der Waals surface area contributed by atoms with Gasteiger partial charge in [0.2, 0.25) is 5.90 Å². The molecule has 0 radical (unpaired) electrons. The van der Waals surface area contributed by atoms with E-state index >= 15 is 0 Å². The van der Waals surface area contributed by atoms with Crippen molar-refractivity contribution in [3.05, 3.63) is 86.6 Å². The number of rotatable bonds is 6. The fraction of sp³-hybridized carbons (Fsp3) is 0.100. The van der Waals surface area contributed by atoms with Crippen LogP contribution in [0.5, 0.6) is 5.75 Å². The molecule has 2 aromatic carbocycles. The Bertz CT molecular complexity index is 1040. The summed E-state index contributed by atoms with van der Waals surface area (Å²) in [5.41, 5.74) is 1.49. The highest BCUT2D eigenvalue weighted by molar-refractivity contribution is 6.34. The van der Waals surface area contributed by atoms with Gasteiger partial charge < -0.3 is 9.47 Å². The van der Waals surface area contributed by atoms with Crippen molar-refractivity contribution in [2.75, 3.05) is 6.61 Å². The fourth-order valence-corrected chi connectivity index (χ4v) is 2.59. The Morgan fingerprint density at radius 2 is 2.11 bits per heavy atom. The second-order valence-corrected chi connectivity index (χ2v) is 6.45. The Labute approximate surface area is 165 Å². The van der Waals surface area contributed by atoms with Gasteiger partial charge in [-0.3, -0.25) is 10.1 Å². The summed E-state index contributed by atoms with van der Waals surface area (Å²) in [4.78, 5) is 26.8. The third-order valence-electron chi connectivity index (χ3n) is 3.70. The Kier molecular flexibility index (Phi) is 5.56. The predicted octanol–water partition coefficient (Wildman–Crippen LogP) is 4.55. The van der Waals surface area contributed by atoms with Crippen molar-refractivity contribution >= 4 is 35.2 Å². The lowest BCUT2D eigenvalue weighted by atomic mass is 10.1. The van der Waals surface area contributed by atoms with Gasteiger partial charge in [-0.05, 0) is 30.7 Å². The molecule has 3 rings (SSSR count). The smallest absolute Gasteiger partial charge is 0.363 e. The predicted molar refractivity (Wildman–Crippen MR) is 105 cm³/mol. The molecule has 8 heteroatoms. The van der Waals surface area contributed by atoms with Crippen LogP contribution < -0.4 is 4.74 Å². The summed E-state index contributed by atoms with van der Waals surface area (Å²) in [5, 5.41) is 11.2. The van der Waals surface area contributed by atoms with E-state index in [9.17, 15) is 14.9 Å². The minimum absolute atomic E-state index is 0.0314. The highest BCUT2D eigenvalue weighted by Gasteiger charge is 2.27. The molecule has 2 aromatic rings. The number of nitrogens with zero attached hydrogens (tertiary/aromatic N) is 2. The van der Waals surface area contributed by atoms with Crippen molar-refractivity contribution in [3.63, 3.8) is 0 Å². The number of para-hydroxylation sites is 1. The van der Waals surface area contributed by atoms with E-state index in [0.717, 1.165) is 5.57 Å². The van der Waals surface area contributed by atoms with Crippen molar-refractivity contribution in [1.29, 1.82) is 0 Å². The van der Waals surface area contributed by atoms with Crippen LogP contribution in [0.4, 0.5) is 5.69 Å². The zero-order valence-corrected chi connectivity index (χ0v) is 15.6. The molecule has 1 heterocycles. The molecule has 28 heavy (non-hydrogen) atoms. The van der Waals surface area contributed by atoms with Crippen LogP contribution >= 0.6 is 11.6 Å². The maximum absolute atomic E-state index is 12.2. The number of non-ortho nitro benzene ring substituents is 1. The molecule has 0 saturated carbocycles. The first kappa shape index (κ1) is 19.3. The van der Waals surface area contributed by atoms with Crippen LogP contribution in [0.15, 0.2) is 65.3 Å². The van der Waals surface area contributed by atoms with Crippen molar-refractivity contribution in [2.45, 2.75) is 6.92 Å². The number of nitro benzene ring substituents is 1. The molecule has 1 aliphatic rings. The number of carbonyl (C=O) groups is 1. The summed E-state index contributed by atoms with van der Waals surface area (Å²) >= 11 is 6.09. The van der Waals surface area contributed by atoms with E-state index in [2.05, 4.69) is 11.6 Å². The SMILES string of the molecule is C=C(C)COc1ccccc1/C=C1\N=C(c2cc([N+](=O)[O-])ccc2Cl)OC1=O. The third kappa shape index (κ3) is 4.27. The monoisotopic (exact) mass is 398 g/mol. The molecule has 0 aliphatic carbocycles. The first-order valence-electron chi connectivity index (χ1n) is 8.18. The maximum Gasteiger partial charge on any atom is 0.363 e. The van der Waals surface area contributed by atoms with E-state index in [1.54, 1.807) is 24.3 Å². The Morgan fingerprint density at radius 1 is 1.36 bits per heavy atom. The van der Waals surface area contributed by atoms with E-state index < -0.39 is 10.9 Å². The molecule has 0 spiro atoms. The van der Waals surface area contributed by atoms with Crippen LogP contribution in [0.1, 0.15) is 18.1 Å². The molecule has 7 nitrogen and oxygen atoms in total. The largest absolute Gasteiger partial charge is 0.489 e. The van der Waals surface area contributed by atoms with Gasteiger partial charge in [-0.15, -0.1) is 0 Å². The quantitative estimate of drug-likeness (QED) is 0.234. The van der Waals surface area contributed by atoms with Crippen LogP contribution in [-0.4, -0.2) is 23.4 Å². The van der Waals surface area contributed by atoms with Gasteiger partial charge in [0.25, 0.3) is 5.69 Å². The van der Waals surface area contributed by atoms with E-state index in [1.807, 2.05) is 6.92 Å². The summed E-state index contributed by atoms with van der Waals surface area (Å²) in [7, 11) is 0. The second-order valence-electron chi connectivity index (χ2n) is 6.04. The van der Waals surface area contributed by atoms with Crippen LogP contribution in [0.2, 0.25) is 5.02 Å². The maximum atomic E-state index is 12.2. The van der Waals surface area contributed by atoms with Crippen molar-refractivity contribution in [3.8, 4) is 5.75 Å². The molecule has 0 fully saturated rings. The van der Waals surface area contributed by atoms with Crippen LogP contribution in [0.3, 0.4) is 0 Å². The van der Waals surface area contributed by atoms with Gasteiger partial charge in [0.1, 0.15) is 12.4 Å². The zero-order valence-electron chi connectivity index (χ0n) is 14.8. The van der Waals surface area contributed by atoms with Crippen molar-refractivity contribution in [2.24, 2.45) is 4.99 Å². The molecule has 0 unspecified atom stereocenters. The first-order valence-corrected chi connectivity index (χ1v) is 8.56. The number of cyclic esters (lactones) is 1. The van der Waals surface area contributed by atoms with Crippen LogP contribution in [0.25, 0.3) is 6.08 Å². The summed E-state index contributed by atoms with van der Waals surface area (Å²) < 4.78 is 10.8. The number of hydrogen-bond acceptors (Lipinski definition) is 6. The van der Waals surface area contributed by atoms with Gasteiger partial charge in [-0.25, -0.2) is 9.79 Å². The highest BCUT2D eigenvalue weighted by Crippen LogP contribution is 2.28. The summed E-state index contributed by atoms with van der Waals surface area (Å²) in [6, 6.07) is 11.0. The Morgan fingerprint density at radius 3 is 2.82 bits per heavy atom. The topological polar surface area (TPSA) is 91.0 Å².